The van der Waals surface area contributed by atoms with Gasteiger partial charge in [0.1, 0.15) is 11.6 Å². The zero-order chi connectivity index (χ0) is 19.9. The van der Waals surface area contributed by atoms with E-state index in [0.29, 0.717) is 30.8 Å². The molecule has 2 aromatic carbocycles. The van der Waals surface area contributed by atoms with Crippen LogP contribution in [0.25, 0.3) is 11.0 Å². The predicted molar refractivity (Wildman–Crippen MR) is 108 cm³/mol. The van der Waals surface area contributed by atoms with Crippen LogP contribution in [0.2, 0.25) is 0 Å². The summed E-state index contributed by atoms with van der Waals surface area (Å²) < 4.78 is 5.15. The Labute approximate surface area is 163 Å². The number of anilines is 1. The number of methoxy groups -OCH3 is 1. The van der Waals surface area contributed by atoms with E-state index in [-0.39, 0.29) is 18.4 Å². The van der Waals surface area contributed by atoms with Crippen LogP contribution < -0.4 is 10.1 Å². The fraction of sp³-hybridized carbons (Fsp3) is 0.286. The van der Waals surface area contributed by atoms with Crippen molar-refractivity contribution in [2.75, 3.05) is 25.5 Å². The molecular formula is C21H24N4O3. The Morgan fingerprint density at radius 3 is 2.75 bits per heavy atom. The maximum absolute atomic E-state index is 12.5. The highest BCUT2D eigenvalue weighted by atomic mass is 16.5. The molecule has 2 amide bonds. The lowest BCUT2D eigenvalue weighted by atomic mass is 10.2. The van der Waals surface area contributed by atoms with E-state index in [1.54, 1.807) is 31.4 Å². The molecular weight excluding hydrogens is 356 g/mol. The second kappa shape index (κ2) is 9.03. The number of nitrogens with zero attached hydrogens (tertiary/aromatic N) is 2. The van der Waals surface area contributed by atoms with Crippen molar-refractivity contribution in [1.29, 1.82) is 0 Å². The number of carbonyl (C=O) groups is 2. The summed E-state index contributed by atoms with van der Waals surface area (Å²) >= 11 is 0. The number of H-pyrrole nitrogens is 1. The van der Waals surface area contributed by atoms with Gasteiger partial charge < -0.3 is 19.9 Å². The summed E-state index contributed by atoms with van der Waals surface area (Å²) in [5.74, 6) is 1.11. The predicted octanol–water partition coefficient (Wildman–Crippen LogP) is 2.99. The number of likely N-dealkylation sites (N-methyl/N-ethyl adjacent to an activating group) is 1. The number of para-hydroxylation sites is 2. The number of benzene rings is 2. The topological polar surface area (TPSA) is 87.3 Å². The van der Waals surface area contributed by atoms with Gasteiger partial charge in [-0.1, -0.05) is 18.2 Å². The van der Waals surface area contributed by atoms with E-state index < -0.39 is 0 Å². The molecule has 0 spiro atoms. The van der Waals surface area contributed by atoms with Gasteiger partial charge in [-0.15, -0.1) is 0 Å². The SMILES string of the molecule is CCN(CC(=O)Nc1cccc(OC)c1)C(=O)CCc1nc2ccccc2[nH]1. The third kappa shape index (κ3) is 4.88. The molecule has 1 heterocycles. The molecule has 3 rings (SSSR count). The summed E-state index contributed by atoms with van der Waals surface area (Å²) in [4.78, 5) is 34.1. The van der Waals surface area contributed by atoms with Gasteiger partial charge in [0.2, 0.25) is 11.8 Å². The molecule has 0 fully saturated rings. The van der Waals surface area contributed by atoms with Crippen LogP contribution in [0, 0.1) is 0 Å². The molecule has 0 aliphatic carbocycles. The fourth-order valence-corrected chi connectivity index (χ4v) is 2.96. The lowest BCUT2D eigenvalue weighted by Crippen LogP contribution is -2.38. The van der Waals surface area contributed by atoms with Gasteiger partial charge in [0.05, 0.1) is 24.7 Å². The minimum Gasteiger partial charge on any atom is -0.497 e. The van der Waals surface area contributed by atoms with Crippen LogP contribution in [-0.2, 0) is 16.0 Å². The molecule has 0 aliphatic rings. The number of hydrogen-bond acceptors (Lipinski definition) is 4. The normalized spacial score (nSPS) is 10.6. The number of hydrogen-bond donors (Lipinski definition) is 2. The first-order valence-corrected chi connectivity index (χ1v) is 9.24. The van der Waals surface area contributed by atoms with Crippen LogP contribution in [0.4, 0.5) is 5.69 Å². The first-order valence-electron chi connectivity index (χ1n) is 9.24. The van der Waals surface area contributed by atoms with E-state index in [2.05, 4.69) is 15.3 Å². The van der Waals surface area contributed by atoms with Crippen molar-refractivity contribution >= 4 is 28.5 Å². The fourth-order valence-electron chi connectivity index (χ4n) is 2.96. The smallest absolute Gasteiger partial charge is 0.243 e. The molecule has 0 aliphatic heterocycles. The molecule has 0 unspecified atom stereocenters. The van der Waals surface area contributed by atoms with Crippen molar-refractivity contribution in [1.82, 2.24) is 14.9 Å². The van der Waals surface area contributed by atoms with Crippen LogP contribution in [0.15, 0.2) is 48.5 Å². The number of ether oxygens (including phenoxy) is 1. The lowest BCUT2D eigenvalue weighted by Gasteiger charge is -2.20. The number of fused-ring (bicyclic) bond motifs is 1. The van der Waals surface area contributed by atoms with Crippen molar-refractivity contribution in [2.24, 2.45) is 0 Å². The highest BCUT2D eigenvalue weighted by Crippen LogP contribution is 2.17. The number of aromatic nitrogens is 2. The first kappa shape index (κ1) is 19.4. The van der Waals surface area contributed by atoms with Gasteiger partial charge >= 0.3 is 0 Å². The van der Waals surface area contributed by atoms with Gasteiger partial charge in [-0.2, -0.15) is 0 Å². The number of rotatable bonds is 8. The Morgan fingerprint density at radius 1 is 1.18 bits per heavy atom. The van der Waals surface area contributed by atoms with E-state index in [1.807, 2.05) is 31.2 Å². The molecule has 0 atom stereocenters. The first-order chi connectivity index (χ1) is 13.6. The second-order valence-corrected chi connectivity index (χ2v) is 6.39. The molecule has 0 saturated carbocycles. The largest absolute Gasteiger partial charge is 0.497 e. The monoisotopic (exact) mass is 380 g/mol. The number of imidazole rings is 1. The zero-order valence-corrected chi connectivity index (χ0v) is 16.1. The van der Waals surface area contributed by atoms with Crippen LogP contribution in [-0.4, -0.2) is 46.9 Å². The molecule has 2 N–H and O–H groups in total. The molecule has 28 heavy (non-hydrogen) atoms. The summed E-state index contributed by atoms with van der Waals surface area (Å²) in [7, 11) is 1.57. The molecule has 1 aromatic heterocycles. The number of amides is 2. The van der Waals surface area contributed by atoms with E-state index in [9.17, 15) is 9.59 Å². The Hall–Kier alpha value is -3.35. The van der Waals surface area contributed by atoms with Crippen LogP contribution in [0.3, 0.4) is 0 Å². The molecule has 0 radical (unpaired) electrons. The number of aryl methyl sites for hydroxylation is 1. The Balaban J connectivity index is 1.54. The van der Waals surface area contributed by atoms with Gasteiger partial charge in [-0.3, -0.25) is 9.59 Å². The zero-order valence-electron chi connectivity index (χ0n) is 16.1. The van der Waals surface area contributed by atoms with Crippen molar-refractivity contribution in [3.63, 3.8) is 0 Å². The quantitative estimate of drug-likeness (QED) is 0.629. The number of aromatic amines is 1. The average molecular weight is 380 g/mol. The van der Waals surface area contributed by atoms with Crippen LogP contribution in [0.5, 0.6) is 5.75 Å². The Kier molecular flexibility index (Phi) is 6.26. The summed E-state index contributed by atoms with van der Waals surface area (Å²) in [6, 6.07) is 14.9. The van der Waals surface area contributed by atoms with Gasteiger partial charge in [-0.05, 0) is 31.2 Å². The third-order valence-corrected chi connectivity index (χ3v) is 4.44. The van der Waals surface area contributed by atoms with E-state index in [1.165, 1.54) is 4.90 Å². The Bertz CT molecular complexity index is 934. The van der Waals surface area contributed by atoms with Crippen molar-refractivity contribution in [3.05, 3.63) is 54.4 Å². The summed E-state index contributed by atoms with van der Waals surface area (Å²) in [5.41, 5.74) is 2.47. The van der Waals surface area contributed by atoms with E-state index in [4.69, 9.17) is 4.74 Å². The van der Waals surface area contributed by atoms with Crippen LogP contribution in [0.1, 0.15) is 19.2 Å². The maximum atomic E-state index is 12.5. The van der Waals surface area contributed by atoms with Crippen LogP contribution >= 0.6 is 0 Å². The summed E-state index contributed by atoms with van der Waals surface area (Å²) in [6.07, 6.45) is 0.793. The van der Waals surface area contributed by atoms with E-state index in [0.717, 1.165) is 16.9 Å². The van der Waals surface area contributed by atoms with Gasteiger partial charge in [0.25, 0.3) is 0 Å². The van der Waals surface area contributed by atoms with Gasteiger partial charge in [-0.25, -0.2) is 4.98 Å². The highest BCUT2D eigenvalue weighted by Gasteiger charge is 2.16. The Morgan fingerprint density at radius 2 is 2.00 bits per heavy atom. The highest BCUT2D eigenvalue weighted by molar-refractivity contribution is 5.94. The summed E-state index contributed by atoms with van der Waals surface area (Å²) in [6.45, 7) is 2.33. The van der Waals surface area contributed by atoms with Crippen molar-refractivity contribution < 1.29 is 14.3 Å². The molecule has 146 valence electrons. The number of carbonyl (C=O) groups excluding carboxylic acids is 2. The van der Waals surface area contributed by atoms with Crippen molar-refractivity contribution in [3.8, 4) is 5.75 Å². The molecule has 0 bridgehead atoms. The van der Waals surface area contributed by atoms with Gasteiger partial charge in [0, 0.05) is 31.1 Å². The second-order valence-electron chi connectivity index (χ2n) is 6.39. The lowest BCUT2D eigenvalue weighted by molar-refractivity contribution is -0.134. The van der Waals surface area contributed by atoms with E-state index >= 15 is 0 Å². The molecule has 7 heteroatoms. The van der Waals surface area contributed by atoms with Gasteiger partial charge in [0.15, 0.2) is 0 Å². The molecule has 3 aromatic rings. The minimum atomic E-state index is -0.243. The average Bonchev–Trinajstić information content (AvgIpc) is 3.13. The maximum Gasteiger partial charge on any atom is 0.243 e. The molecule has 7 nitrogen and oxygen atoms in total. The third-order valence-electron chi connectivity index (χ3n) is 4.44. The molecule has 0 saturated heterocycles. The van der Waals surface area contributed by atoms with Crippen molar-refractivity contribution in [2.45, 2.75) is 19.8 Å². The minimum absolute atomic E-state index is 0.00662. The number of nitrogens with one attached hydrogen (secondary N) is 2. The summed E-state index contributed by atoms with van der Waals surface area (Å²) in [5, 5.41) is 2.80. The standard InChI is InChI=1S/C21H24N4O3/c1-3-25(14-20(26)22-15-7-6-8-16(13-15)28-2)21(27)12-11-19-23-17-9-4-5-10-18(17)24-19/h4-10,13H,3,11-12,14H2,1-2H3,(H,22,26)(H,23,24).